The van der Waals surface area contributed by atoms with Gasteiger partial charge in [-0.15, -0.1) is 5.10 Å². The molecular formula is C25H36N8O. The number of hydrogen-bond acceptors (Lipinski definition) is 7. The molecule has 6 rings (SSSR count). The summed E-state index contributed by atoms with van der Waals surface area (Å²) in [6, 6.07) is 13.0. The highest BCUT2D eigenvalue weighted by molar-refractivity contribution is 5.92. The van der Waals surface area contributed by atoms with Gasteiger partial charge in [0.25, 0.3) is 0 Å². The summed E-state index contributed by atoms with van der Waals surface area (Å²) < 4.78 is 9.43. The van der Waals surface area contributed by atoms with Crippen LogP contribution in [0.5, 0.6) is 0 Å². The fraction of sp³-hybridized carbons (Fsp3) is 0.480. The van der Waals surface area contributed by atoms with Crippen molar-refractivity contribution in [2.45, 2.75) is 38.1 Å². The van der Waals surface area contributed by atoms with E-state index in [1.54, 1.807) is 0 Å². The summed E-state index contributed by atoms with van der Waals surface area (Å²) in [4.78, 5) is 4.72. The fourth-order valence-corrected chi connectivity index (χ4v) is 5.14. The van der Waals surface area contributed by atoms with Gasteiger partial charge in [-0.05, 0) is 81.4 Å². The number of pyridine rings is 1. The van der Waals surface area contributed by atoms with Gasteiger partial charge in [0.15, 0.2) is 11.5 Å². The van der Waals surface area contributed by atoms with Crippen LogP contribution in [0, 0.1) is 5.92 Å². The molecule has 2 saturated heterocycles. The smallest absolute Gasteiger partial charge is 0.247 e. The van der Waals surface area contributed by atoms with Crippen LogP contribution < -0.4 is 16.0 Å². The number of aromatic nitrogens is 5. The Kier molecular flexibility index (Phi) is 5.80. The first-order chi connectivity index (χ1) is 16.7. The number of aryl methyl sites for hydroxylation is 1. The Morgan fingerprint density at radius 3 is 2.79 bits per heavy atom. The number of rotatable bonds is 6. The third-order valence-corrected chi connectivity index (χ3v) is 7.06. The number of anilines is 3. The Morgan fingerprint density at radius 2 is 1.94 bits per heavy atom. The fourth-order valence-electron chi connectivity index (χ4n) is 5.14. The largest absolute Gasteiger partial charge is 0.381 e. The number of hydrogen-bond donors (Lipinski definition) is 3. The van der Waals surface area contributed by atoms with Crippen molar-refractivity contribution in [3.8, 4) is 0 Å². The minimum Gasteiger partial charge on any atom is -0.381 e. The Balaban J connectivity index is 0.00000152. The first kappa shape index (κ1) is 21.4. The van der Waals surface area contributed by atoms with Crippen molar-refractivity contribution in [2.75, 3.05) is 36.9 Å². The maximum absolute atomic E-state index is 5.52. The summed E-state index contributed by atoms with van der Waals surface area (Å²) in [6.07, 6.45) is 5.45. The summed E-state index contributed by atoms with van der Waals surface area (Å²) in [5.41, 5.74) is 4.08. The van der Waals surface area contributed by atoms with Crippen molar-refractivity contribution in [1.82, 2.24) is 29.7 Å². The van der Waals surface area contributed by atoms with E-state index in [0.29, 0.717) is 17.9 Å². The second kappa shape index (κ2) is 9.23. The first-order valence-corrected chi connectivity index (χ1v) is 12.4. The molecule has 0 aliphatic carbocycles. The number of nitrogens with one attached hydrogen (secondary N) is 3. The highest BCUT2D eigenvalue weighted by Crippen LogP contribution is 2.28. The molecule has 2 aliphatic heterocycles. The van der Waals surface area contributed by atoms with E-state index in [1.807, 2.05) is 22.3 Å². The van der Waals surface area contributed by atoms with Gasteiger partial charge >= 0.3 is 0 Å². The maximum atomic E-state index is 5.52. The van der Waals surface area contributed by atoms with E-state index in [4.69, 9.17) is 19.9 Å². The van der Waals surface area contributed by atoms with E-state index in [9.17, 15) is 0 Å². The van der Waals surface area contributed by atoms with Gasteiger partial charge in [0.2, 0.25) is 5.95 Å². The number of piperidine rings is 1. The molecule has 0 amide bonds. The second-order valence-electron chi connectivity index (χ2n) is 9.48. The van der Waals surface area contributed by atoms with Gasteiger partial charge < -0.3 is 20.7 Å². The summed E-state index contributed by atoms with van der Waals surface area (Å²) in [5, 5.41) is 21.1. The molecule has 0 bridgehead atoms. The predicted octanol–water partition coefficient (Wildman–Crippen LogP) is 3.98. The third-order valence-electron chi connectivity index (χ3n) is 7.06. The van der Waals surface area contributed by atoms with Gasteiger partial charge in [0.05, 0.1) is 5.52 Å². The van der Waals surface area contributed by atoms with E-state index >= 15 is 0 Å². The van der Waals surface area contributed by atoms with Crippen molar-refractivity contribution in [3.05, 3.63) is 42.1 Å². The Hall–Kier alpha value is -3.17. The molecule has 182 valence electrons. The number of fused-ring (bicyclic) bond motifs is 2. The molecule has 9 nitrogen and oxygen atoms in total. The van der Waals surface area contributed by atoms with Gasteiger partial charge in [-0.3, -0.25) is 4.68 Å². The summed E-state index contributed by atoms with van der Waals surface area (Å²) in [7, 11) is 1.99. The van der Waals surface area contributed by atoms with E-state index < -0.39 is 0 Å². The summed E-state index contributed by atoms with van der Waals surface area (Å²) >= 11 is 0. The third kappa shape index (κ3) is 4.33. The van der Waals surface area contributed by atoms with Crippen LogP contribution in [0.25, 0.3) is 16.6 Å². The zero-order valence-corrected chi connectivity index (χ0v) is 19.6. The van der Waals surface area contributed by atoms with Crippen molar-refractivity contribution < 1.29 is 7.59 Å². The van der Waals surface area contributed by atoms with Crippen LogP contribution in [-0.2, 0) is 18.2 Å². The molecule has 2 aliphatic rings. The molecule has 5 heterocycles. The van der Waals surface area contributed by atoms with Gasteiger partial charge in [-0.1, -0.05) is 6.07 Å². The van der Waals surface area contributed by atoms with E-state index in [-0.39, 0.29) is 2.85 Å². The quantitative estimate of drug-likeness (QED) is 0.397. The van der Waals surface area contributed by atoms with Crippen LogP contribution in [0.3, 0.4) is 0 Å². The molecule has 3 N–H and O–H groups in total. The standard InChI is InChI=1S/C25H32N8O.2H2/c1-32-22-16-19(5-6-21(22)24(30-32)27-18-7-11-26-12-8-18)28-25-29-23-4-2-3-20(33(23)31-25)15-17-9-13-34-14-10-17;;/h2-6,16-18,26H,7-15H2,1H3,(H,27,30)(H,28,31);2*1H. The lowest BCUT2D eigenvalue weighted by atomic mass is 9.95. The predicted molar refractivity (Wildman–Crippen MR) is 138 cm³/mol. The average molecular weight is 465 g/mol. The van der Waals surface area contributed by atoms with Crippen LogP contribution >= 0.6 is 0 Å². The van der Waals surface area contributed by atoms with Crippen molar-refractivity contribution in [2.24, 2.45) is 13.0 Å². The molecule has 34 heavy (non-hydrogen) atoms. The van der Waals surface area contributed by atoms with Gasteiger partial charge in [0.1, 0.15) is 0 Å². The molecule has 9 heteroatoms. The van der Waals surface area contributed by atoms with Gasteiger partial charge in [-0.25, -0.2) is 4.52 Å². The lowest BCUT2D eigenvalue weighted by Gasteiger charge is -2.23. The monoisotopic (exact) mass is 464 g/mol. The van der Waals surface area contributed by atoms with E-state index in [2.05, 4.69) is 46.3 Å². The van der Waals surface area contributed by atoms with Gasteiger partial charge in [-0.2, -0.15) is 10.1 Å². The lowest BCUT2D eigenvalue weighted by molar-refractivity contribution is 0.0661. The van der Waals surface area contributed by atoms with Crippen molar-refractivity contribution >= 4 is 34.0 Å². The zero-order valence-electron chi connectivity index (χ0n) is 19.6. The minimum absolute atomic E-state index is 0. The normalized spacial score (nSPS) is 18.0. The highest BCUT2D eigenvalue weighted by atomic mass is 16.5. The van der Waals surface area contributed by atoms with Crippen LogP contribution in [-0.4, -0.2) is 56.7 Å². The number of nitrogens with zero attached hydrogens (tertiary/aromatic N) is 5. The van der Waals surface area contributed by atoms with Crippen LogP contribution in [0.15, 0.2) is 36.4 Å². The molecule has 2 fully saturated rings. The lowest BCUT2D eigenvalue weighted by Crippen LogP contribution is -2.35. The topological polar surface area (TPSA) is 93.3 Å². The van der Waals surface area contributed by atoms with Crippen LogP contribution in [0.2, 0.25) is 0 Å². The molecule has 0 spiro atoms. The summed E-state index contributed by atoms with van der Waals surface area (Å²) in [6.45, 7) is 3.82. The average Bonchev–Trinajstić information content (AvgIpc) is 3.41. The van der Waals surface area contributed by atoms with E-state index in [0.717, 1.165) is 86.5 Å². The molecule has 3 aromatic heterocycles. The molecule has 0 saturated carbocycles. The zero-order chi connectivity index (χ0) is 22.9. The van der Waals surface area contributed by atoms with E-state index in [1.165, 1.54) is 5.69 Å². The van der Waals surface area contributed by atoms with Crippen molar-refractivity contribution in [3.63, 3.8) is 0 Å². The maximum Gasteiger partial charge on any atom is 0.247 e. The number of ether oxygens (including phenoxy) is 1. The number of benzene rings is 1. The Bertz CT molecular complexity index is 1290. The van der Waals surface area contributed by atoms with Crippen LogP contribution in [0.1, 0.15) is 34.2 Å². The summed E-state index contributed by atoms with van der Waals surface area (Å²) in [5.74, 6) is 2.20. The molecule has 4 aromatic rings. The van der Waals surface area contributed by atoms with Gasteiger partial charge in [0, 0.05) is 45.9 Å². The molecule has 0 atom stereocenters. The van der Waals surface area contributed by atoms with Crippen molar-refractivity contribution in [1.29, 1.82) is 0 Å². The second-order valence-corrected chi connectivity index (χ2v) is 9.48. The molecular weight excluding hydrogens is 428 g/mol. The molecule has 1 aromatic carbocycles. The highest BCUT2D eigenvalue weighted by Gasteiger charge is 2.18. The minimum atomic E-state index is 0. The molecule has 0 radical (unpaired) electrons. The Labute approximate surface area is 201 Å². The van der Waals surface area contributed by atoms with Crippen LogP contribution in [0.4, 0.5) is 17.5 Å². The SMILES string of the molecule is Cn1nc(NC2CCNCC2)c2ccc(Nc3nc4cccc(CC5CCOCC5)n4n3)cc21.[HH].[HH]. The first-order valence-electron chi connectivity index (χ1n) is 12.4. The Morgan fingerprint density at radius 1 is 1.09 bits per heavy atom. The molecule has 0 unspecified atom stereocenters.